The summed E-state index contributed by atoms with van der Waals surface area (Å²) in [4.78, 5) is 24.4. The van der Waals surface area contributed by atoms with Gasteiger partial charge < -0.3 is 15.4 Å². The molecular formula is C17H23N3O3. The van der Waals surface area contributed by atoms with Crippen LogP contribution in [-0.4, -0.2) is 30.7 Å². The number of benzene rings is 1. The predicted molar refractivity (Wildman–Crippen MR) is 88.7 cm³/mol. The molecule has 0 unspecified atom stereocenters. The Morgan fingerprint density at radius 1 is 1.26 bits per heavy atom. The second-order valence-corrected chi connectivity index (χ2v) is 7.17. The number of anilines is 2. The molecule has 0 aromatic heterocycles. The molecule has 0 bridgehead atoms. The van der Waals surface area contributed by atoms with E-state index in [-0.39, 0.29) is 5.91 Å². The van der Waals surface area contributed by atoms with E-state index in [1.165, 1.54) is 0 Å². The third-order valence-electron chi connectivity index (χ3n) is 4.32. The highest BCUT2D eigenvalue weighted by Gasteiger charge is 2.47. The monoisotopic (exact) mass is 317 g/mol. The number of ether oxygens (including phenoxy) is 1. The molecule has 0 saturated carbocycles. The molecule has 0 aliphatic carbocycles. The molecule has 3 N–H and O–H groups in total. The van der Waals surface area contributed by atoms with E-state index in [1.54, 1.807) is 6.07 Å². The van der Waals surface area contributed by atoms with Gasteiger partial charge in [-0.25, -0.2) is 4.79 Å². The van der Waals surface area contributed by atoms with E-state index in [0.717, 1.165) is 37.2 Å². The highest BCUT2D eigenvalue weighted by atomic mass is 16.6. The summed E-state index contributed by atoms with van der Waals surface area (Å²) < 4.78 is 5.28. The Hall–Kier alpha value is -2.08. The van der Waals surface area contributed by atoms with Gasteiger partial charge in [-0.3, -0.25) is 10.1 Å². The molecule has 0 radical (unpaired) electrons. The zero-order valence-corrected chi connectivity index (χ0v) is 13.8. The number of piperidine rings is 1. The van der Waals surface area contributed by atoms with Crippen LogP contribution in [0.15, 0.2) is 18.2 Å². The number of nitrogens with one attached hydrogen (secondary N) is 3. The van der Waals surface area contributed by atoms with E-state index in [2.05, 4.69) is 16.0 Å². The Labute approximate surface area is 136 Å². The van der Waals surface area contributed by atoms with Gasteiger partial charge in [0.1, 0.15) is 5.60 Å². The number of hydrogen-bond donors (Lipinski definition) is 3. The average molecular weight is 317 g/mol. The maximum Gasteiger partial charge on any atom is 0.412 e. The highest BCUT2D eigenvalue weighted by molar-refractivity contribution is 6.07. The summed E-state index contributed by atoms with van der Waals surface area (Å²) in [6.07, 6.45) is 1.04. The van der Waals surface area contributed by atoms with Crippen LogP contribution >= 0.6 is 0 Å². The average Bonchev–Trinajstić information content (AvgIpc) is 2.71. The van der Waals surface area contributed by atoms with Crippen LogP contribution < -0.4 is 16.0 Å². The molecule has 6 heteroatoms. The van der Waals surface area contributed by atoms with E-state index >= 15 is 0 Å². The van der Waals surface area contributed by atoms with Crippen molar-refractivity contribution in [3.63, 3.8) is 0 Å². The van der Waals surface area contributed by atoms with Crippen molar-refractivity contribution in [1.82, 2.24) is 5.32 Å². The van der Waals surface area contributed by atoms with Crippen molar-refractivity contribution in [1.29, 1.82) is 0 Å². The molecule has 6 nitrogen and oxygen atoms in total. The van der Waals surface area contributed by atoms with Gasteiger partial charge in [0.05, 0.1) is 5.41 Å². The zero-order valence-electron chi connectivity index (χ0n) is 13.8. The molecule has 1 aromatic rings. The molecule has 2 amide bonds. The molecule has 1 saturated heterocycles. The molecule has 1 fully saturated rings. The van der Waals surface area contributed by atoms with Crippen LogP contribution in [0, 0.1) is 0 Å². The Morgan fingerprint density at radius 2 is 1.96 bits per heavy atom. The first-order valence-electron chi connectivity index (χ1n) is 7.97. The van der Waals surface area contributed by atoms with Gasteiger partial charge >= 0.3 is 6.09 Å². The van der Waals surface area contributed by atoms with E-state index in [9.17, 15) is 9.59 Å². The van der Waals surface area contributed by atoms with Crippen LogP contribution in [0.3, 0.4) is 0 Å². The van der Waals surface area contributed by atoms with Crippen LogP contribution in [0.2, 0.25) is 0 Å². The van der Waals surface area contributed by atoms with Crippen molar-refractivity contribution in [2.45, 2.75) is 44.6 Å². The highest BCUT2D eigenvalue weighted by Crippen LogP contribution is 2.44. The van der Waals surface area contributed by atoms with Crippen molar-refractivity contribution in [3.05, 3.63) is 23.8 Å². The minimum atomic E-state index is -0.547. The van der Waals surface area contributed by atoms with Crippen molar-refractivity contribution in [2.75, 3.05) is 23.7 Å². The van der Waals surface area contributed by atoms with Crippen LogP contribution in [0.5, 0.6) is 0 Å². The third kappa shape index (κ3) is 3.03. The van der Waals surface area contributed by atoms with E-state index in [1.807, 2.05) is 32.9 Å². The summed E-state index contributed by atoms with van der Waals surface area (Å²) in [5.41, 5.74) is 1.43. The molecule has 2 aliphatic heterocycles. The fourth-order valence-corrected chi connectivity index (χ4v) is 3.26. The fourth-order valence-electron chi connectivity index (χ4n) is 3.26. The maximum atomic E-state index is 12.5. The number of amides is 2. The maximum absolute atomic E-state index is 12.5. The molecule has 3 rings (SSSR count). The SMILES string of the molecule is CC(C)(C)OC(=O)Nc1ccc2c(c1)C1(CCNCC1)C(=O)N2. The summed E-state index contributed by atoms with van der Waals surface area (Å²) in [6, 6.07) is 5.52. The lowest BCUT2D eigenvalue weighted by Crippen LogP contribution is -2.44. The van der Waals surface area contributed by atoms with Gasteiger partial charge in [0, 0.05) is 11.4 Å². The van der Waals surface area contributed by atoms with E-state index in [0.29, 0.717) is 5.69 Å². The van der Waals surface area contributed by atoms with Gasteiger partial charge in [0.2, 0.25) is 5.91 Å². The van der Waals surface area contributed by atoms with Crippen molar-refractivity contribution >= 4 is 23.4 Å². The zero-order chi connectivity index (χ0) is 16.7. The van der Waals surface area contributed by atoms with Gasteiger partial charge in [-0.2, -0.15) is 0 Å². The molecular weight excluding hydrogens is 294 g/mol. The summed E-state index contributed by atoms with van der Waals surface area (Å²) in [5, 5.41) is 9.01. The Kier molecular flexibility index (Phi) is 3.80. The van der Waals surface area contributed by atoms with Crippen LogP contribution in [0.4, 0.5) is 16.2 Å². The smallest absolute Gasteiger partial charge is 0.412 e. The molecule has 2 aliphatic rings. The van der Waals surface area contributed by atoms with Gasteiger partial charge in [-0.1, -0.05) is 0 Å². The second-order valence-electron chi connectivity index (χ2n) is 7.17. The van der Waals surface area contributed by atoms with Gasteiger partial charge in [0.25, 0.3) is 0 Å². The van der Waals surface area contributed by atoms with E-state index < -0.39 is 17.1 Å². The number of rotatable bonds is 1. The molecule has 2 heterocycles. The van der Waals surface area contributed by atoms with Crippen LogP contribution in [0.25, 0.3) is 0 Å². The molecule has 23 heavy (non-hydrogen) atoms. The number of carbonyl (C=O) groups is 2. The first kappa shape index (κ1) is 15.8. The first-order valence-corrected chi connectivity index (χ1v) is 7.97. The minimum Gasteiger partial charge on any atom is -0.444 e. The Bertz CT molecular complexity index is 643. The van der Waals surface area contributed by atoms with Crippen molar-refractivity contribution in [2.24, 2.45) is 0 Å². The number of hydrogen-bond acceptors (Lipinski definition) is 4. The molecule has 0 atom stereocenters. The van der Waals surface area contributed by atoms with Crippen molar-refractivity contribution in [3.8, 4) is 0 Å². The van der Waals surface area contributed by atoms with E-state index in [4.69, 9.17) is 4.74 Å². The van der Waals surface area contributed by atoms with Crippen LogP contribution in [-0.2, 0) is 14.9 Å². The van der Waals surface area contributed by atoms with Crippen LogP contribution in [0.1, 0.15) is 39.2 Å². The summed E-state index contributed by atoms with van der Waals surface area (Å²) in [5.74, 6) is 0.0587. The topological polar surface area (TPSA) is 79.5 Å². The lowest BCUT2D eigenvalue weighted by Gasteiger charge is -2.32. The Balaban J connectivity index is 1.85. The third-order valence-corrected chi connectivity index (χ3v) is 4.32. The quantitative estimate of drug-likeness (QED) is 0.744. The fraction of sp³-hybridized carbons (Fsp3) is 0.529. The molecule has 1 spiro atoms. The standard InChI is InChI=1S/C17H23N3O3/c1-16(2,3)23-15(22)19-11-4-5-13-12(10-11)17(14(21)20-13)6-8-18-9-7-17/h4-5,10,18H,6-9H2,1-3H3,(H,19,22)(H,20,21). The number of carbonyl (C=O) groups excluding carboxylic acids is 2. The van der Waals surface area contributed by atoms with Gasteiger partial charge in [-0.15, -0.1) is 0 Å². The lowest BCUT2D eigenvalue weighted by atomic mass is 9.74. The minimum absolute atomic E-state index is 0.0587. The predicted octanol–water partition coefficient (Wildman–Crippen LogP) is 2.61. The summed E-state index contributed by atoms with van der Waals surface area (Å²) in [7, 11) is 0. The molecule has 1 aromatic carbocycles. The summed E-state index contributed by atoms with van der Waals surface area (Å²) >= 11 is 0. The summed E-state index contributed by atoms with van der Waals surface area (Å²) in [6.45, 7) is 7.10. The second kappa shape index (κ2) is 5.53. The Morgan fingerprint density at radius 3 is 2.61 bits per heavy atom. The normalized spacial score (nSPS) is 19.2. The van der Waals surface area contributed by atoms with Gasteiger partial charge in [-0.05, 0) is 70.5 Å². The lowest BCUT2D eigenvalue weighted by molar-refractivity contribution is -0.121. The first-order chi connectivity index (χ1) is 10.8. The van der Waals surface area contributed by atoms with Crippen molar-refractivity contribution < 1.29 is 14.3 Å². The van der Waals surface area contributed by atoms with Gasteiger partial charge in [0.15, 0.2) is 0 Å². The largest absolute Gasteiger partial charge is 0.444 e. The number of fused-ring (bicyclic) bond motifs is 2. The molecule has 124 valence electrons.